The van der Waals surface area contributed by atoms with Gasteiger partial charge in [-0.1, -0.05) is 36.9 Å². The molecule has 2 rings (SSSR count). The summed E-state index contributed by atoms with van der Waals surface area (Å²) in [4.78, 5) is 1.31. The van der Waals surface area contributed by atoms with E-state index in [1.54, 1.807) is 0 Å². The van der Waals surface area contributed by atoms with Gasteiger partial charge in [0.2, 0.25) is 0 Å². The molecule has 1 nitrogen and oxygen atoms in total. The topological polar surface area (TPSA) is 26.0 Å². The Labute approximate surface area is 113 Å². The third kappa shape index (κ3) is 3.90. The van der Waals surface area contributed by atoms with Crippen LogP contribution in [0, 0.1) is 0 Å². The van der Waals surface area contributed by atoms with Crippen LogP contribution >= 0.6 is 23.4 Å². The number of halogens is 1. The predicted molar refractivity (Wildman–Crippen MR) is 76.9 cm³/mol. The quantitative estimate of drug-likeness (QED) is 0.884. The Morgan fingerprint density at radius 2 is 2.00 bits per heavy atom. The van der Waals surface area contributed by atoms with E-state index >= 15 is 0 Å². The van der Waals surface area contributed by atoms with Gasteiger partial charge in [0.15, 0.2) is 0 Å². The van der Waals surface area contributed by atoms with Crippen LogP contribution in [0.3, 0.4) is 0 Å². The Morgan fingerprint density at radius 1 is 1.24 bits per heavy atom. The minimum Gasteiger partial charge on any atom is -0.330 e. The Kier molecular flexibility index (Phi) is 5.20. The van der Waals surface area contributed by atoms with Gasteiger partial charge in [0.05, 0.1) is 0 Å². The second-order valence-electron chi connectivity index (χ2n) is 4.67. The highest BCUT2D eigenvalue weighted by molar-refractivity contribution is 8.00. The average Bonchev–Trinajstić information content (AvgIpc) is 2.34. The molecule has 1 saturated carbocycles. The fourth-order valence-electron chi connectivity index (χ4n) is 2.34. The molecule has 94 valence electrons. The van der Waals surface area contributed by atoms with Crippen LogP contribution in [0.1, 0.15) is 37.7 Å². The molecule has 0 radical (unpaired) electrons. The molecule has 1 aliphatic carbocycles. The Bertz CT molecular complexity index is 361. The van der Waals surface area contributed by atoms with Crippen molar-refractivity contribution in [3.63, 3.8) is 0 Å². The number of nitrogens with two attached hydrogens (primary N) is 1. The van der Waals surface area contributed by atoms with Crippen LogP contribution < -0.4 is 5.73 Å². The summed E-state index contributed by atoms with van der Waals surface area (Å²) in [6.45, 7) is 0.662. The second-order valence-corrected chi connectivity index (χ2v) is 6.45. The fourth-order valence-corrected chi connectivity index (χ4v) is 3.96. The van der Waals surface area contributed by atoms with Gasteiger partial charge >= 0.3 is 0 Å². The van der Waals surface area contributed by atoms with E-state index in [0.717, 1.165) is 16.7 Å². The average molecular weight is 270 g/mol. The smallest absolute Gasteiger partial charge is 0.0449 e. The molecule has 0 spiro atoms. The summed E-state index contributed by atoms with van der Waals surface area (Å²) >= 11 is 8.25. The van der Waals surface area contributed by atoms with Gasteiger partial charge in [-0.2, -0.15) is 0 Å². The summed E-state index contributed by atoms with van der Waals surface area (Å²) in [6, 6.07) is 6.42. The number of thioether (sulfide) groups is 1. The first-order valence-corrected chi connectivity index (χ1v) is 7.70. The molecule has 0 unspecified atom stereocenters. The minimum absolute atomic E-state index is 0.662. The van der Waals surface area contributed by atoms with E-state index < -0.39 is 0 Å². The van der Waals surface area contributed by atoms with Crippen molar-refractivity contribution < 1.29 is 0 Å². The lowest BCUT2D eigenvalue weighted by Gasteiger charge is -2.21. The molecule has 1 fully saturated rings. The third-order valence-electron chi connectivity index (χ3n) is 3.29. The first kappa shape index (κ1) is 13.3. The van der Waals surface area contributed by atoms with Crippen LogP contribution in [-0.4, -0.2) is 11.8 Å². The van der Waals surface area contributed by atoms with Crippen LogP contribution in [-0.2, 0) is 6.42 Å². The molecule has 2 N–H and O–H groups in total. The van der Waals surface area contributed by atoms with Gasteiger partial charge < -0.3 is 5.73 Å². The number of hydrogen-bond acceptors (Lipinski definition) is 2. The zero-order chi connectivity index (χ0) is 12.1. The van der Waals surface area contributed by atoms with E-state index in [1.165, 1.54) is 42.6 Å². The molecule has 0 amide bonds. The molecular weight excluding hydrogens is 250 g/mol. The molecule has 0 bridgehead atoms. The lowest BCUT2D eigenvalue weighted by atomic mass is 10.0. The Balaban J connectivity index is 1.98. The van der Waals surface area contributed by atoms with E-state index in [-0.39, 0.29) is 0 Å². The maximum atomic E-state index is 6.26. The number of benzene rings is 1. The predicted octanol–water partition coefficient (Wildman–Crippen LogP) is 4.27. The molecule has 1 aromatic carbocycles. The van der Waals surface area contributed by atoms with E-state index in [1.807, 2.05) is 11.8 Å². The van der Waals surface area contributed by atoms with Gasteiger partial charge in [-0.25, -0.2) is 0 Å². The summed E-state index contributed by atoms with van der Waals surface area (Å²) in [5.41, 5.74) is 6.72. The first-order chi connectivity index (χ1) is 8.29. The molecule has 0 aromatic heterocycles. The van der Waals surface area contributed by atoms with Crippen molar-refractivity contribution in [2.45, 2.75) is 48.7 Å². The summed E-state index contributed by atoms with van der Waals surface area (Å²) in [5.74, 6) is 0. The molecule has 0 atom stereocenters. The van der Waals surface area contributed by atoms with E-state index in [0.29, 0.717) is 6.54 Å². The maximum Gasteiger partial charge on any atom is 0.0449 e. The van der Waals surface area contributed by atoms with Gasteiger partial charge in [-0.05, 0) is 43.5 Å². The maximum absolute atomic E-state index is 6.26. The largest absolute Gasteiger partial charge is 0.330 e. The standard InChI is InChI=1S/C14H20ClNS/c15-14-10-13(7-6-11(14)8-9-16)17-12-4-2-1-3-5-12/h6-7,10,12H,1-5,8-9,16H2. The summed E-state index contributed by atoms with van der Waals surface area (Å²) < 4.78 is 0. The monoisotopic (exact) mass is 269 g/mol. The molecular formula is C14H20ClNS. The van der Waals surface area contributed by atoms with Crippen LogP contribution in [0.15, 0.2) is 23.1 Å². The van der Waals surface area contributed by atoms with Crippen LogP contribution in [0.2, 0.25) is 5.02 Å². The molecule has 1 aliphatic rings. The first-order valence-electron chi connectivity index (χ1n) is 6.45. The highest BCUT2D eigenvalue weighted by atomic mass is 35.5. The summed E-state index contributed by atoms with van der Waals surface area (Å²) in [6.07, 6.45) is 7.76. The van der Waals surface area contributed by atoms with Crippen LogP contribution in [0.25, 0.3) is 0 Å². The zero-order valence-electron chi connectivity index (χ0n) is 10.1. The van der Waals surface area contributed by atoms with E-state index in [9.17, 15) is 0 Å². The van der Waals surface area contributed by atoms with Crippen molar-refractivity contribution in [2.24, 2.45) is 5.73 Å². The molecule has 1 aromatic rings. The Hall–Kier alpha value is -0.180. The van der Waals surface area contributed by atoms with E-state index in [2.05, 4.69) is 18.2 Å². The van der Waals surface area contributed by atoms with Crippen molar-refractivity contribution in [3.8, 4) is 0 Å². The molecule has 17 heavy (non-hydrogen) atoms. The third-order valence-corrected chi connectivity index (χ3v) is 4.98. The van der Waals surface area contributed by atoms with Crippen LogP contribution in [0.4, 0.5) is 0 Å². The van der Waals surface area contributed by atoms with Gasteiger partial charge in [0.1, 0.15) is 0 Å². The van der Waals surface area contributed by atoms with Crippen molar-refractivity contribution >= 4 is 23.4 Å². The lowest BCUT2D eigenvalue weighted by molar-refractivity contribution is 0.516. The lowest BCUT2D eigenvalue weighted by Crippen LogP contribution is -2.07. The van der Waals surface area contributed by atoms with Crippen LogP contribution in [0.5, 0.6) is 0 Å². The number of hydrogen-bond donors (Lipinski definition) is 1. The second kappa shape index (κ2) is 6.67. The summed E-state index contributed by atoms with van der Waals surface area (Å²) in [5, 5.41) is 1.66. The normalized spacial score (nSPS) is 17.3. The molecule has 3 heteroatoms. The van der Waals surface area contributed by atoms with Gasteiger partial charge in [0.25, 0.3) is 0 Å². The highest BCUT2D eigenvalue weighted by Gasteiger charge is 2.14. The van der Waals surface area contributed by atoms with Gasteiger partial charge in [0, 0.05) is 15.2 Å². The fraction of sp³-hybridized carbons (Fsp3) is 0.571. The van der Waals surface area contributed by atoms with Gasteiger partial charge in [-0.3, -0.25) is 0 Å². The van der Waals surface area contributed by atoms with Crippen molar-refractivity contribution in [2.75, 3.05) is 6.54 Å². The Morgan fingerprint density at radius 3 is 2.65 bits per heavy atom. The molecule has 0 aliphatic heterocycles. The SMILES string of the molecule is NCCc1ccc(SC2CCCCC2)cc1Cl. The van der Waals surface area contributed by atoms with Crippen molar-refractivity contribution in [1.29, 1.82) is 0 Å². The van der Waals surface area contributed by atoms with E-state index in [4.69, 9.17) is 17.3 Å². The highest BCUT2D eigenvalue weighted by Crippen LogP contribution is 2.35. The van der Waals surface area contributed by atoms with Gasteiger partial charge in [-0.15, -0.1) is 11.8 Å². The summed E-state index contributed by atoms with van der Waals surface area (Å²) in [7, 11) is 0. The minimum atomic E-state index is 0.662. The number of rotatable bonds is 4. The van der Waals surface area contributed by atoms with Crippen molar-refractivity contribution in [3.05, 3.63) is 28.8 Å². The molecule has 0 heterocycles. The zero-order valence-corrected chi connectivity index (χ0v) is 11.7. The van der Waals surface area contributed by atoms with Crippen molar-refractivity contribution in [1.82, 2.24) is 0 Å². The molecule has 0 saturated heterocycles.